The fourth-order valence-electron chi connectivity index (χ4n) is 3.52. The lowest BCUT2D eigenvalue weighted by Gasteiger charge is -2.19. The van der Waals surface area contributed by atoms with E-state index in [0.29, 0.717) is 17.7 Å². The first kappa shape index (κ1) is 18.9. The molecule has 0 N–H and O–H groups in total. The van der Waals surface area contributed by atoms with Crippen molar-refractivity contribution >= 4 is 22.2 Å². The number of nitrogens with zero attached hydrogens (tertiary/aromatic N) is 4. The highest BCUT2D eigenvalue weighted by atomic mass is 32.1. The minimum atomic E-state index is -0.0883. The first-order valence-electron chi connectivity index (χ1n) is 9.27. The van der Waals surface area contributed by atoms with Gasteiger partial charge < -0.3 is 4.90 Å². The van der Waals surface area contributed by atoms with Gasteiger partial charge in [0, 0.05) is 29.2 Å². The number of benzene rings is 2. The molecule has 0 unspecified atom stereocenters. The summed E-state index contributed by atoms with van der Waals surface area (Å²) in [4.78, 5) is 21.8. The summed E-state index contributed by atoms with van der Waals surface area (Å²) in [5, 5.41) is 9.47. The van der Waals surface area contributed by atoms with Crippen molar-refractivity contribution in [2.24, 2.45) is 0 Å². The molecule has 0 saturated carbocycles. The molecule has 4 aromatic rings. The number of aromatic nitrogens is 2. The molecule has 144 valence electrons. The normalized spacial score (nSPS) is 10.8. The van der Waals surface area contributed by atoms with Crippen LogP contribution in [0, 0.1) is 25.2 Å². The summed E-state index contributed by atoms with van der Waals surface area (Å²) in [7, 11) is 1.80. The Hall–Kier alpha value is -3.43. The summed E-state index contributed by atoms with van der Waals surface area (Å²) in [6.07, 6.45) is 2.06. The molecule has 2 aromatic carbocycles. The molecule has 0 aliphatic carbocycles. The molecule has 0 radical (unpaired) electrons. The Morgan fingerprint density at radius 1 is 1.14 bits per heavy atom. The third kappa shape index (κ3) is 3.41. The third-order valence-corrected chi connectivity index (χ3v) is 5.87. The molecule has 5 nitrogen and oxygen atoms in total. The van der Waals surface area contributed by atoms with Crippen LogP contribution in [0.3, 0.4) is 0 Å². The van der Waals surface area contributed by atoms with E-state index in [0.717, 1.165) is 27.5 Å². The second kappa shape index (κ2) is 7.53. The van der Waals surface area contributed by atoms with E-state index < -0.39 is 0 Å². The molecule has 2 aromatic heterocycles. The number of aryl methyl sites for hydroxylation is 2. The topological polar surface area (TPSA) is 61.4 Å². The first-order valence-corrected chi connectivity index (χ1v) is 10.1. The maximum Gasteiger partial charge on any atom is 0.254 e. The lowest BCUT2D eigenvalue weighted by molar-refractivity contribution is 0.0783. The predicted molar refractivity (Wildman–Crippen MR) is 115 cm³/mol. The molecule has 0 fully saturated rings. The zero-order chi connectivity index (χ0) is 20.5. The Labute approximate surface area is 173 Å². The Bertz CT molecular complexity index is 1260. The standard InChI is InChI=1S/C23H20N4OS/c1-15-13-27-21(16(2)25-23(27)29-15)14-26(3)22(28)20-11-7-6-10-19(20)18-9-5-4-8-17(18)12-24/h4-11,13H,14H2,1-3H3. The van der Waals surface area contributed by atoms with Crippen molar-refractivity contribution in [2.45, 2.75) is 20.4 Å². The van der Waals surface area contributed by atoms with Crippen LogP contribution in [0.5, 0.6) is 0 Å². The number of hydrogen-bond donors (Lipinski definition) is 0. The van der Waals surface area contributed by atoms with Crippen LogP contribution >= 0.6 is 11.3 Å². The van der Waals surface area contributed by atoms with E-state index >= 15 is 0 Å². The monoisotopic (exact) mass is 400 g/mol. The Morgan fingerprint density at radius 2 is 1.83 bits per heavy atom. The Balaban J connectivity index is 1.70. The van der Waals surface area contributed by atoms with E-state index in [-0.39, 0.29) is 5.91 Å². The number of hydrogen-bond acceptors (Lipinski definition) is 4. The van der Waals surface area contributed by atoms with E-state index in [1.54, 1.807) is 29.4 Å². The van der Waals surface area contributed by atoms with Crippen molar-refractivity contribution < 1.29 is 4.79 Å². The second-order valence-corrected chi connectivity index (χ2v) is 8.22. The van der Waals surface area contributed by atoms with Crippen LogP contribution in [0.15, 0.2) is 54.7 Å². The van der Waals surface area contributed by atoms with Gasteiger partial charge in [-0.2, -0.15) is 5.26 Å². The van der Waals surface area contributed by atoms with E-state index in [9.17, 15) is 10.1 Å². The number of fused-ring (bicyclic) bond motifs is 1. The van der Waals surface area contributed by atoms with Gasteiger partial charge in [0.25, 0.3) is 5.91 Å². The lowest BCUT2D eigenvalue weighted by Crippen LogP contribution is -2.27. The van der Waals surface area contributed by atoms with Crippen molar-refractivity contribution in [1.82, 2.24) is 14.3 Å². The molecule has 0 atom stereocenters. The smallest absolute Gasteiger partial charge is 0.254 e. The van der Waals surface area contributed by atoms with E-state index in [2.05, 4.69) is 28.6 Å². The molecule has 6 heteroatoms. The van der Waals surface area contributed by atoms with Crippen molar-refractivity contribution in [2.75, 3.05) is 7.05 Å². The van der Waals surface area contributed by atoms with Gasteiger partial charge in [0.15, 0.2) is 4.96 Å². The van der Waals surface area contributed by atoms with Gasteiger partial charge >= 0.3 is 0 Å². The zero-order valence-electron chi connectivity index (χ0n) is 16.5. The number of carbonyl (C=O) groups excluding carboxylic acids is 1. The average molecular weight is 401 g/mol. The lowest BCUT2D eigenvalue weighted by atomic mass is 9.95. The van der Waals surface area contributed by atoms with Gasteiger partial charge in [-0.15, -0.1) is 11.3 Å². The van der Waals surface area contributed by atoms with Crippen LogP contribution in [0.2, 0.25) is 0 Å². The van der Waals surface area contributed by atoms with Gasteiger partial charge in [-0.1, -0.05) is 36.4 Å². The highest BCUT2D eigenvalue weighted by Crippen LogP contribution is 2.28. The molecule has 2 heterocycles. The van der Waals surface area contributed by atoms with E-state index in [4.69, 9.17) is 0 Å². The summed E-state index contributed by atoms with van der Waals surface area (Å²) in [5.74, 6) is -0.0883. The van der Waals surface area contributed by atoms with Gasteiger partial charge in [-0.05, 0) is 31.5 Å². The molecular formula is C23H20N4OS. The van der Waals surface area contributed by atoms with Gasteiger partial charge in [0.05, 0.1) is 29.6 Å². The van der Waals surface area contributed by atoms with Gasteiger partial charge in [0.1, 0.15) is 0 Å². The maximum absolute atomic E-state index is 13.3. The molecule has 29 heavy (non-hydrogen) atoms. The summed E-state index contributed by atoms with van der Waals surface area (Å²) < 4.78 is 2.07. The fourth-order valence-corrected chi connectivity index (χ4v) is 4.41. The molecule has 0 aliphatic heterocycles. The maximum atomic E-state index is 13.3. The van der Waals surface area contributed by atoms with Crippen molar-refractivity contribution in [3.8, 4) is 17.2 Å². The van der Waals surface area contributed by atoms with E-state index in [1.165, 1.54) is 4.88 Å². The average Bonchev–Trinajstić information content (AvgIpc) is 3.23. The van der Waals surface area contributed by atoms with Gasteiger partial charge in [0.2, 0.25) is 0 Å². The summed E-state index contributed by atoms with van der Waals surface area (Å²) in [6.45, 7) is 4.48. The first-order chi connectivity index (χ1) is 14.0. The molecule has 0 aliphatic rings. The van der Waals surface area contributed by atoms with Crippen LogP contribution in [-0.4, -0.2) is 27.2 Å². The number of rotatable bonds is 4. The predicted octanol–water partition coefficient (Wildman–Crippen LogP) is 4.82. The zero-order valence-corrected chi connectivity index (χ0v) is 17.3. The van der Waals surface area contributed by atoms with Crippen molar-refractivity contribution in [1.29, 1.82) is 5.26 Å². The minimum Gasteiger partial charge on any atom is -0.336 e. The molecular weight excluding hydrogens is 380 g/mol. The SMILES string of the molecule is Cc1cn2c(CN(C)C(=O)c3ccccc3-c3ccccc3C#N)c(C)nc2s1. The number of carbonyl (C=O) groups is 1. The number of nitriles is 1. The third-order valence-electron chi connectivity index (χ3n) is 4.97. The molecule has 0 bridgehead atoms. The Kier molecular flexibility index (Phi) is 4.91. The number of thiazole rings is 1. The quantitative estimate of drug-likeness (QED) is 0.493. The second-order valence-electron chi connectivity index (χ2n) is 7.00. The van der Waals surface area contributed by atoms with Crippen LogP contribution in [0.25, 0.3) is 16.1 Å². The van der Waals surface area contributed by atoms with Crippen LogP contribution < -0.4 is 0 Å². The van der Waals surface area contributed by atoms with Crippen LogP contribution in [0.1, 0.15) is 32.2 Å². The highest BCUT2D eigenvalue weighted by molar-refractivity contribution is 7.17. The molecule has 0 spiro atoms. The minimum absolute atomic E-state index is 0.0883. The molecule has 0 saturated heterocycles. The summed E-state index contributed by atoms with van der Waals surface area (Å²) in [5.41, 5.74) is 4.61. The van der Waals surface area contributed by atoms with Gasteiger partial charge in [-0.3, -0.25) is 9.20 Å². The van der Waals surface area contributed by atoms with Gasteiger partial charge in [-0.25, -0.2) is 4.98 Å². The number of imidazole rings is 1. The van der Waals surface area contributed by atoms with Crippen molar-refractivity contribution in [3.05, 3.63) is 82.1 Å². The molecule has 4 rings (SSSR count). The number of amides is 1. The van der Waals surface area contributed by atoms with E-state index in [1.807, 2.05) is 49.4 Å². The largest absolute Gasteiger partial charge is 0.336 e. The Morgan fingerprint density at radius 3 is 2.59 bits per heavy atom. The van der Waals surface area contributed by atoms with Crippen LogP contribution in [-0.2, 0) is 6.54 Å². The van der Waals surface area contributed by atoms with Crippen LogP contribution in [0.4, 0.5) is 0 Å². The summed E-state index contributed by atoms with van der Waals surface area (Å²) >= 11 is 1.64. The molecule has 1 amide bonds. The van der Waals surface area contributed by atoms with Crippen molar-refractivity contribution in [3.63, 3.8) is 0 Å². The fraction of sp³-hybridized carbons (Fsp3) is 0.174. The highest BCUT2D eigenvalue weighted by Gasteiger charge is 2.20. The summed E-state index contributed by atoms with van der Waals surface area (Å²) in [6, 6.07) is 17.0.